The van der Waals surface area contributed by atoms with Crippen molar-refractivity contribution in [2.24, 2.45) is 0 Å². The quantitative estimate of drug-likeness (QED) is 0.471. The van der Waals surface area contributed by atoms with E-state index >= 15 is 0 Å². The Morgan fingerprint density at radius 1 is 1.18 bits per heavy atom. The lowest BCUT2D eigenvalue weighted by atomic mass is 10.2. The maximum absolute atomic E-state index is 12.0. The summed E-state index contributed by atoms with van der Waals surface area (Å²) in [6, 6.07) is 8.50. The summed E-state index contributed by atoms with van der Waals surface area (Å²) in [5, 5.41) is 1.28. The van der Waals surface area contributed by atoms with Crippen LogP contribution >= 0.6 is 11.5 Å². The molecule has 1 fully saturated rings. The zero-order chi connectivity index (χ0) is 19.8. The summed E-state index contributed by atoms with van der Waals surface area (Å²) < 4.78 is 5.96. The zero-order valence-electron chi connectivity index (χ0n) is 17.1. The van der Waals surface area contributed by atoms with E-state index in [9.17, 15) is 4.79 Å². The van der Waals surface area contributed by atoms with E-state index < -0.39 is 0 Å². The highest BCUT2D eigenvalue weighted by Gasteiger charge is 2.20. The molecule has 2 aromatic rings. The summed E-state index contributed by atoms with van der Waals surface area (Å²) in [6.45, 7) is 8.30. The minimum absolute atomic E-state index is 0.216. The lowest BCUT2D eigenvalue weighted by Crippen LogP contribution is -2.46. The maximum atomic E-state index is 12.0. The van der Waals surface area contributed by atoms with Crippen molar-refractivity contribution in [3.05, 3.63) is 36.4 Å². The van der Waals surface area contributed by atoms with Crippen molar-refractivity contribution < 1.29 is 4.79 Å². The van der Waals surface area contributed by atoms with Gasteiger partial charge in [0, 0.05) is 51.6 Å². The number of unbranched alkanes of at least 4 members (excludes halogenated alkanes) is 1. The Bertz CT molecular complexity index is 780. The third-order valence-electron chi connectivity index (χ3n) is 5.37. The Morgan fingerprint density at radius 2 is 1.96 bits per heavy atom. The molecule has 1 aromatic heterocycles. The second kappa shape index (κ2) is 10.6. The Labute approximate surface area is 172 Å². The van der Waals surface area contributed by atoms with Crippen LogP contribution in [0.1, 0.15) is 32.6 Å². The van der Waals surface area contributed by atoms with Crippen LogP contribution < -0.4 is 4.90 Å². The van der Waals surface area contributed by atoms with Crippen molar-refractivity contribution in [1.82, 2.24) is 14.2 Å². The molecular weight excluding hydrogens is 368 g/mol. The first-order valence-corrected chi connectivity index (χ1v) is 11.2. The molecule has 1 saturated heterocycles. The van der Waals surface area contributed by atoms with Crippen LogP contribution in [0.4, 0.5) is 5.82 Å². The molecule has 5 nitrogen and oxygen atoms in total. The van der Waals surface area contributed by atoms with Crippen molar-refractivity contribution in [2.75, 3.05) is 51.2 Å². The van der Waals surface area contributed by atoms with Crippen molar-refractivity contribution >= 4 is 33.3 Å². The summed E-state index contributed by atoms with van der Waals surface area (Å²) in [4.78, 5) is 18.8. The van der Waals surface area contributed by atoms with E-state index in [1.807, 2.05) is 18.0 Å². The number of piperazine rings is 1. The van der Waals surface area contributed by atoms with Crippen LogP contribution in [0.3, 0.4) is 0 Å². The number of anilines is 1. The number of aromatic nitrogens is 1. The molecule has 0 unspecified atom stereocenters. The van der Waals surface area contributed by atoms with Gasteiger partial charge in [0.1, 0.15) is 5.82 Å². The molecule has 1 amide bonds. The van der Waals surface area contributed by atoms with Crippen LogP contribution in [0.15, 0.2) is 36.4 Å². The van der Waals surface area contributed by atoms with Gasteiger partial charge in [-0.2, -0.15) is 4.37 Å². The van der Waals surface area contributed by atoms with Crippen molar-refractivity contribution in [3.63, 3.8) is 0 Å². The number of amides is 1. The van der Waals surface area contributed by atoms with Gasteiger partial charge in [-0.1, -0.05) is 31.2 Å². The van der Waals surface area contributed by atoms with E-state index in [0.717, 1.165) is 64.3 Å². The number of nitrogens with zero attached hydrogens (tertiary/aromatic N) is 4. The second-order valence-electron chi connectivity index (χ2n) is 7.44. The van der Waals surface area contributed by atoms with Gasteiger partial charge in [-0.05, 0) is 49.5 Å². The van der Waals surface area contributed by atoms with E-state index in [1.165, 1.54) is 10.1 Å². The summed E-state index contributed by atoms with van der Waals surface area (Å²) in [7, 11) is 1.92. The van der Waals surface area contributed by atoms with Gasteiger partial charge in [-0.15, -0.1) is 0 Å². The molecule has 0 saturated carbocycles. The van der Waals surface area contributed by atoms with Gasteiger partial charge in [-0.3, -0.25) is 9.69 Å². The summed E-state index contributed by atoms with van der Waals surface area (Å²) in [6.07, 6.45) is 7.75. The smallest absolute Gasteiger partial charge is 0.226 e. The minimum atomic E-state index is 0.216. The molecule has 0 aliphatic carbocycles. The number of allylic oxidation sites excluding steroid dienone is 1. The number of benzene rings is 1. The molecule has 0 radical (unpaired) electrons. The highest BCUT2D eigenvalue weighted by atomic mass is 32.1. The average Bonchev–Trinajstić information content (AvgIpc) is 3.16. The number of rotatable bonds is 9. The third kappa shape index (κ3) is 5.55. The summed E-state index contributed by atoms with van der Waals surface area (Å²) in [5.41, 5.74) is 0. The van der Waals surface area contributed by atoms with Crippen LogP contribution in [0.5, 0.6) is 0 Å². The molecule has 0 bridgehead atoms. The van der Waals surface area contributed by atoms with Crippen molar-refractivity contribution in [3.8, 4) is 0 Å². The Balaban J connectivity index is 1.35. The molecule has 1 aliphatic rings. The van der Waals surface area contributed by atoms with Gasteiger partial charge >= 0.3 is 0 Å². The number of carbonyl (C=O) groups excluding carboxylic acids is 1. The Kier molecular flexibility index (Phi) is 7.86. The topological polar surface area (TPSA) is 39.7 Å². The van der Waals surface area contributed by atoms with E-state index in [2.05, 4.69) is 51.4 Å². The Morgan fingerprint density at radius 3 is 2.75 bits per heavy atom. The second-order valence-corrected chi connectivity index (χ2v) is 8.24. The highest BCUT2D eigenvalue weighted by molar-refractivity contribution is 7.13. The lowest BCUT2D eigenvalue weighted by molar-refractivity contribution is -0.129. The van der Waals surface area contributed by atoms with E-state index in [1.54, 1.807) is 11.5 Å². The largest absolute Gasteiger partial charge is 0.353 e. The predicted octanol–water partition coefficient (Wildman–Crippen LogP) is 4.01. The maximum Gasteiger partial charge on any atom is 0.226 e. The lowest BCUT2D eigenvalue weighted by Gasteiger charge is -2.35. The van der Waals surface area contributed by atoms with Crippen LogP contribution in [-0.2, 0) is 4.79 Å². The predicted molar refractivity (Wildman–Crippen MR) is 119 cm³/mol. The van der Waals surface area contributed by atoms with Crippen molar-refractivity contribution in [2.45, 2.75) is 32.6 Å². The van der Waals surface area contributed by atoms with E-state index in [-0.39, 0.29) is 5.91 Å². The molecule has 1 aromatic carbocycles. The fraction of sp³-hybridized carbons (Fsp3) is 0.545. The fourth-order valence-electron chi connectivity index (χ4n) is 3.60. The number of fused-ring (bicyclic) bond motifs is 1. The monoisotopic (exact) mass is 400 g/mol. The highest BCUT2D eigenvalue weighted by Crippen LogP contribution is 2.29. The molecule has 6 heteroatoms. The third-order valence-corrected chi connectivity index (χ3v) is 6.19. The van der Waals surface area contributed by atoms with Gasteiger partial charge < -0.3 is 9.80 Å². The first-order valence-electron chi connectivity index (χ1n) is 10.4. The summed E-state index contributed by atoms with van der Waals surface area (Å²) in [5.74, 6) is 1.37. The molecular formula is C22H32N4OS. The van der Waals surface area contributed by atoms with Gasteiger partial charge in [0.25, 0.3) is 0 Å². The van der Waals surface area contributed by atoms with Crippen LogP contribution in [0.2, 0.25) is 0 Å². The molecule has 2 heterocycles. The first-order chi connectivity index (χ1) is 13.7. The SMILES string of the molecule is CC/C=C/CC(=O)N(C)CCCCN1CCN(c2nsc3ccccc23)CC1. The van der Waals surface area contributed by atoms with Gasteiger partial charge in [0.05, 0.1) is 4.70 Å². The zero-order valence-corrected chi connectivity index (χ0v) is 18.0. The molecule has 1 aliphatic heterocycles. The van der Waals surface area contributed by atoms with Gasteiger partial charge in [0.15, 0.2) is 0 Å². The van der Waals surface area contributed by atoms with E-state index in [4.69, 9.17) is 0 Å². The number of hydrogen-bond acceptors (Lipinski definition) is 5. The molecule has 0 N–H and O–H groups in total. The first kappa shape index (κ1) is 20.8. The minimum Gasteiger partial charge on any atom is -0.353 e. The van der Waals surface area contributed by atoms with Gasteiger partial charge in [-0.25, -0.2) is 0 Å². The molecule has 28 heavy (non-hydrogen) atoms. The van der Waals surface area contributed by atoms with Crippen molar-refractivity contribution in [1.29, 1.82) is 0 Å². The van der Waals surface area contributed by atoms with E-state index in [0.29, 0.717) is 6.42 Å². The molecule has 0 spiro atoms. The summed E-state index contributed by atoms with van der Waals surface area (Å²) >= 11 is 1.59. The van der Waals surface area contributed by atoms with Crippen LogP contribution in [-0.4, -0.2) is 66.4 Å². The average molecular weight is 401 g/mol. The van der Waals surface area contributed by atoms with Crippen LogP contribution in [0.25, 0.3) is 10.1 Å². The van der Waals surface area contributed by atoms with Crippen LogP contribution in [0, 0.1) is 0 Å². The van der Waals surface area contributed by atoms with Gasteiger partial charge in [0.2, 0.25) is 5.91 Å². The standard InChI is InChI=1S/C22H32N4OS/c1-3-4-5-12-21(27)24(2)13-8-9-14-25-15-17-26(18-16-25)22-19-10-6-7-11-20(19)28-23-22/h4-7,10-11H,3,8-9,12-18H2,1-2H3/b5-4+. The number of hydrogen-bond donors (Lipinski definition) is 0. The molecule has 0 atom stereocenters. The molecule has 152 valence electrons. The molecule has 3 rings (SSSR count). The fourth-order valence-corrected chi connectivity index (χ4v) is 4.40. The Hall–Kier alpha value is -1.92. The number of carbonyl (C=O) groups is 1. The normalized spacial score (nSPS) is 15.6.